The van der Waals surface area contributed by atoms with Gasteiger partial charge in [-0.05, 0) is 37.5 Å². The van der Waals surface area contributed by atoms with Crippen molar-refractivity contribution in [3.63, 3.8) is 0 Å². The molecule has 1 aliphatic carbocycles. The predicted molar refractivity (Wildman–Crippen MR) is 79.9 cm³/mol. The van der Waals surface area contributed by atoms with E-state index in [0.717, 1.165) is 22.9 Å². The van der Waals surface area contributed by atoms with Gasteiger partial charge in [-0.2, -0.15) is 0 Å². The fourth-order valence-electron chi connectivity index (χ4n) is 2.48. The number of amides is 2. The van der Waals surface area contributed by atoms with Gasteiger partial charge in [0, 0.05) is 10.2 Å². The molecule has 0 unspecified atom stereocenters. The standard InChI is InChI=1S/C14H17BrN2O3/c1-9-10(15)5-4-6-11(9)16-13(20)17-14(12(18)19)7-2-3-8-14/h4-6H,2-3,7-8H2,1H3,(H,18,19)(H2,16,17,20). The Labute approximate surface area is 125 Å². The highest BCUT2D eigenvalue weighted by Crippen LogP contribution is 2.30. The SMILES string of the molecule is Cc1c(Br)cccc1NC(=O)NC1(C(=O)O)CCCC1. The monoisotopic (exact) mass is 340 g/mol. The lowest BCUT2D eigenvalue weighted by Gasteiger charge is -2.25. The smallest absolute Gasteiger partial charge is 0.329 e. The number of carboxylic acids is 1. The molecule has 2 rings (SSSR count). The van der Waals surface area contributed by atoms with E-state index >= 15 is 0 Å². The van der Waals surface area contributed by atoms with Crippen molar-refractivity contribution in [3.05, 3.63) is 28.2 Å². The van der Waals surface area contributed by atoms with Gasteiger partial charge in [-0.3, -0.25) is 0 Å². The van der Waals surface area contributed by atoms with Gasteiger partial charge in [0.05, 0.1) is 0 Å². The van der Waals surface area contributed by atoms with Gasteiger partial charge in [0.25, 0.3) is 0 Å². The first kappa shape index (κ1) is 14.8. The molecule has 2 amide bonds. The molecule has 1 aromatic rings. The van der Waals surface area contributed by atoms with Crippen molar-refractivity contribution in [1.82, 2.24) is 5.32 Å². The summed E-state index contributed by atoms with van der Waals surface area (Å²) in [6.45, 7) is 1.88. The quantitative estimate of drug-likeness (QED) is 0.789. The van der Waals surface area contributed by atoms with Crippen molar-refractivity contribution in [2.75, 3.05) is 5.32 Å². The van der Waals surface area contributed by atoms with Crippen molar-refractivity contribution in [1.29, 1.82) is 0 Å². The minimum atomic E-state index is -1.12. The molecular formula is C14H17BrN2O3. The second-order valence-corrected chi connectivity index (χ2v) is 5.94. The molecule has 108 valence electrons. The van der Waals surface area contributed by atoms with Crippen LogP contribution in [0.5, 0.6) is 0 Å². The van der Waals surface area contributed by atoms with Gasteiger partial charge in [-0.15, -0.1) is 0 Å². The number of aliphatic carboxylic acids is 1. The summed E-state index contributed by atoms with van der Waals surface area (Å²) in [4.78, 5) is 23.4. The Bertz CT molecular complexity index is 539. The number of carbonyl (C=O) groups excluding carboxylic acids is 1. The van der Waals surface area contributed by atoms with Gasteiger partial charge in [0.1, 0.15) is 5.54 Å². The molecule has 5 nitrogen and oxygen atoms in total. The molecule has 0 spiro atoms. The van der Waals surface area contributed by atoms with E-state index in [1.165, 1.54) is 0 Å². The molecule has 0 radical (unpaired) electrons. The first-order chi connectivity index (χ1) is 9.44. The second kappa shape index (κ2) is 5.83. The maximum atomic E-state index is 12.0. The Hall–Kier alpha value is -1.56. The summed E-state index contributed by atoms with van der Waals surface area (Å²) in [5, 5.41) is 14.7. The van der Waals surface area contributed by atoms with Crippen molar-refractivity contribution in [3.8, 4) is 0 Å². The first-order valence-corrected chi connectivity index (χ1v) is 7.31. The fraction of sp³-hybridized carbons (Fsp3) is 0.429. The van der Waals surface area contributed by atoms with E-state index < -0.39 is 17.5 Å². The number of hydrogen-bond donors (Lipinski definition) is 3. The molecule has 6 heteroatoms. The Morgan fingerprint density at radius 3 is 2.55 bits per heavy atom. The van der Waals surface area contributed by atoms with Gasteiger partial charge in [-0.25, -0.2) is 9.59 Å². The Balaban J connectivity index is 2.09. The van der Waals surface area contributed by atoms with Crippen molar-refractivity contribution >= 4 is 33.6 Å². The third kappa shape index (κ3) is 2.95. The molecule has 0 aromatic heterocycles. The zero-order valence-corrected chi connectivity index (χ0v) is 12.8. The van der Waals surface area contributed by atoms with Crippen LogP contribution < -0.4 is 10.6 Å². The number of benzene rings is 1. The zero-order chi connectivity index (χ0) is 14.8. The maximum absolute atomic E-state index is 12.0. The van der Waals surface area contributed by atoms with E-state index in [9.17, 15) is 14.7 Å². The molecule has 3 N–H and O–H groups in total. The number of halogens is 1. The maximum Gasteiger partial charge on any atom is 0.329 e. The van der Waals surface area contributed by atoms with Gasteiger partial charge in [0.2, 0.25) is 0 Å². The molecule has 0 aliphatic heterocycles. The summed E-state index contributed by atoms with van der Waals surface area (Å²) >= 11 is 3.39. The third-order valence-corrected chi connectivity index (χ3v) is 4.59. The average molecular weight is 341 g/mol. The molecule has 0 atom stereocenters. The first-order valence-electron chi connectivity index (χ1n) is 6.52. The molecular weight excluding hydrogens is 324 g/mol. The van der Waals surface area contributed by atoms with Gasteiger partial charge < -0.3 is 15.7 Å². The van der Waals surface area contributed by atoms with Crippen molar-refractivity contribution in [2.24, 2.45) is 0 Å². The zero-order valence-electron chi connectivity index (χ0n) is 11.2. The highest BCUT2D eigenvalue weighted by molar-refractivity contribution is 9.10. The Kier molecular flexibility index (Phi) is 4.32. The molecule has 1 saturated carbocycles. The summed E-state index contributed by atoms with van der Waals surface area (Å²) in [6, 6.07) is 5.00. The number of urea groups is 1. The summed E-state index contributed by atoms with van der Waals surface area (Å²) in [5.41, 5.74) is 0.443. The Morgan fingerprint density at radius 1 is 1.30 bits per heavy atom. The van der Waals surface area contributed by atoms with Gasteiger partial charge in [-0.1, -0.05) is 34.8 Å². The highest BCUT2D eigenvalue weighted by atomic mass is 79.9. The van der Waals surface area contributed by atoms with Crippen LogP contribution in [0, 0.1) is 6.92 Å². The van der Waals surface area contributed by atoms with Crippen LogP contribution in [0.25, 0.3) is 0 Å². The van der Waals surface area contributed by atoms with Crippen LogP contribution in [-0.2, 0) is 4.79 Å². The van der Waals surface area contributed by atoms with Gasteiger partial charge in [0.15, 0.2) is 0 Å². The summed E-state index contributed by atoms with van der Waals surface area (Å²) < 4.78 is 0.893. The third-order valence-electron chi connectivity index (χ3n) is 3.74. The van der Waals surface area contributed by atoms with Crippen LogP contribution in [0.3, 0.4) is 0 Å². The van der Waals surface area contributed by atoms with Crippen LogP contribution in [-0.4, -0.2) is 22.6 Å². The lowest BCUT2D eigenvalue weighted by molar-refractivity contribution is -0.144. The number of anilines is 1. The molecule has 0 heterocycles. The topological polar surface area (TPSA) is 78.4 Å². The normalized spacial score (nSPS) is 16.7. The number of rotatable bonds is 3. The molecule has 1 aromatic carbocycles. The number of nitrogens with one attached hydrogen (secondary N) is 2. The lowest BCUT2D eigenvalue weighted by Crippen LogP contribution is -2.53. The van der Waals surface area contributed by atoms with Crippen LogP contribution in [0.1, 0.15) is 31.2 Å². The highest BCUT2D eigenvalue weighted by Gasteiger charge is 2.42. The molecule has 0 saturated heterocycles. The number of carbonyl (C=O) groups is 2. The summed E-state index contributed by atoms with van der Waals surface area (Å²) in [7, 11) is 0. The van der Waals surface area contributed by atoms with Crippen LogP contribution in [0.2, 0.25) is 0 Å². The van der Waals surface area contributed by atoms with E-state index in [0.29, 0.717) is 18.5 Å². The van der Waals surface area contributed by atoms with Crippen LogP contribution >= 0.6 is 15.9 Å². The predicted octanol–water partition coefficient (Wildman–Crippen LogP) is 3.28. The molecule has 0 bridgehead atoms. The van der Waals surface area contributed by atoms with Crippen molar-refractivity contribution in [2.45, 2.75) is 38.1 Å². The van der Waals surface area contributed by atoms with Crippen molar-refractivity contribution < 1.29 is 14.7 Å². The van der Waals surface area contributed by atoms with Crippen LogP contribution in [0.15, 0.2) is 22.7 Å². The molecule has 1 aliphatic rings. The fourth-order valence-corrected chi connectivity index (χ4v) is 2.85. The average Bonchev–Trinajstić information content (AvgIpc) is 2.85. The van der Waals surface area contributed by atoms with E-state index in [2.05, 4.69) is 26.6 Å². The minimum absolute atomic E-state index is 0.476. The van der Waals surface area contributed by atoms with E-state index in [1.807, 2.05) is 19.1 Å². The Morgan fingerprint density at radius 2 is 1.95 bits per heavy atom. The second-order valence-electron chi connectivity index (χ2n) is 5.09. The molecule has 20 heavy (non-hydrogen) atoms. The number of carboxylic acid groups (broad SMARTS) is 1. The van der Waals surface area contributed by atoms with Crippen LogP contribution in [0.4, 0.5) is 10.5 Å². The lowest BCUT2D eigenvalue weighted by atomic mass is 9.98. The van der Waals surface area contributed by atoms with E-state index in [1.54, 1.807) is 6.07 Å². The molecule has 1 fully saturated rings. The number of hydrogen-bond acceptors (Lipinski definition) is 2. The summed E-state index contributed by atoms with van der Waals surface area (Å²) in [5.74, 6) is -0.962. The van der Waals surface area contributed by atoms with E-state index in [-0.39, 0.29) is 0 Å². The van der Waals surface area contributed by atoms with E-state index in [4.69, 9.17) is 0 Å². The summed E-state index contributed by atoms with van der Waals surface area (Å²) in [6.07, 6.45) is 2.60. The van der Waals surface area contributed by atoms with Gasteiger partial charge >= 0.3 is 12.0 Å². The largest absolute Gasteiger partial charge is 0.480 e. The minimum Gasteiger partial charge on any atom is -0.480 e.